The van der Waals surface area contributed by atoms with E-state index in [1.807, 2.05) is 36.7 Å². The number of pyridine rings is 1. The predicted molar refractivity (Wildman–Crippen MR) is 103 cm³/mol. The molecule has 3 aromatic heterocycles. The second kappa shape index (κ2) is 6.72. The van der Waals surface area contributed by atoms with Gasteiger partial charge >= 0.3 is 0 Å². The fourth-order valence-corrected chi connectivity index (χ4v) is 4.11. The van der Waals surface area contributed by atoms with E-state index in [1.54, 1.807) is 11.3 Å². The van der Waals surface area contributed by atoms with Gasteiger partial charge in [0.15, 0.2) is 5.82 Å². The van der Waals surface area contributed by atoms with Gasteiger partial charge in [-0.25, -0.2) is 9.97 Å². The second-order valence-electron chi connectivity index (χ2n) is 5.98. The van der Waals surface area contributed by atoms with Gasteiger partial charge in [0.2, 0.25) is 0 Å². The van der Waals surface area contributed by atoms with Crippen LogP contribution in [0.1, 0.15) is 18.4 Å². The zero-order valence-electron chi connectivity index (χ0n) is 14.1. The fraction of sp³-hybridized carbons (Fsp3) is 0.263. The Morgan fingerprint density at radius 3 is 2.84 bits per heavy atom. The molecule has 1 aromatic carbocycles. The number of ether oxygens (including phenoxy) is 1. The largest absolute Gasteiger partial charge is 0.492 e. The molecule has 0 spiro atoms. The smallest absolute Gasteiger partial charge is 0.151 e. The summed E-state index contributed by atoms with van der Waals surface area (Å²) in [6.07, 6.45) is 6.10. The van der Waals surface area contributed by atoms with Crippen LogP contribution in [-0.2, 0) is 13.0 Å². The molecule has 0 radical (unpaired) electrons. The molecule has 25 heavy (non-hydrogen) atoms. The molecule has 0 aliphatic heterocycles. The molecule has 128 valence electrons. The molecule has 0 bridgehead atoms. The number of benzene rings is 1. The highest BCUT2D eigenvalue weighted by atomic mass is 32.1. The highest BCUT2D eigenvalue weighted by molar-refractivity contribution is 7.19. The molecular formula is C19H20N4OS. The lowest BCUT2D eigenvalue weighted by Crippen LogP contribution is -2.06. The first-order valence-corrected chi connectivity index (χ1v) is 9.28. The molecule has 3 heterocycles. The van der Waals surface area contributed by atoms with Crippen LogP contribution in [0.25, 0.3) is 21.1 Å². The fourth-order valence-electron chi connectivity index (χ4n) is 2.90. The van der Waals surface area contributed by atoms with Crippen LogP contribution >= 0.6 is 11.3 Å². The van der Waals surface area contributed by atoms with E-state index in [-0.39, 0.29) is 0 Å². The van der Waals surface area contributed by atoms with Gasteiger partial charge in [-0.3, -0.25) is 0 Å². The number of nitrogens with two attached hydrogens (primary N) is 1. The summed E-state index contributed by atoms with van der Waals surface area (Å²) in [6, 6.07) is 10.0. The van der Waals surface area contributed by atoms with Crippen molar-refractivity contribution >= 4 is 38.3 Å². The van der Waals surface area contributed by atoms with E-state index in [4.69, 9.17) is 10.5 Å². The molecule has 0 aliphatic rings. The van der Waals surface area contributed by atoms with Gasteiger partial charge in [-0.15, -0.1) is 11.3 Å². The molecule has 6 heteroatoms. The van der Waals surface area contributed by atoms with Crippen molar-refractivity contribution in [3.8, 4) is 5.75 Å². The standard InChI is InChI=1S/C19H20N4OS/c1-2-5-16-22-17-18(25-16)14-7-6-13(12-15(14)21-19(17)20)24-11-10-23-8-3-4-9-23/h3-4,6-9,12H,2,5,10-11H2,1H3,(H2,20,21). The van der Waals surface area contributed by atoms with Crippen LogP contribution in [0.2, 0.25) is 0 Å². The van der Waals surface area contributed by atoms with Gasteiger partial charge in [-0.1, -0.05) is 6.92 Å². The van der Waals surface area contributed by atoms with Crippen molar-refractivity contribution in [2.24, 2.45) is 0 Å². The van der Waals surface area contributed by atoms with Crippen LogP contribution in [0.4, 0.5) is 5.82 Å². The predicted octanol–water partition coefficient (Wildman–Crippen LogP) is 4.26. The average Bonchev–Trinajstić information content (AvgIpc) is 3.25. The monoisotopic (exact) mass is 352 g/mol. The zero-order valence-corrected chi connectivity index (χ0v) is 14.9. The first-order chi connectivity index (χ1) is 12.2. The van der Waals surface area contributed by atoms with Crippen molar-refractivity contribution in [1.29, 1.82) is 0 Å². The minimum atomic E-state index is 0.491. The normalized spacial score (nSPS) is 11.4. The van der Waals surface area contributed by atoms with Crippen LogP contribution in [-0.4, -0.2) is 21.1 Å². The molecular weight excluding hydrogens is 332 g/mol. The molecule has 0 amide bonds. The lowest BCUT2D eigenvalue weighted by Gasteiger charge is -2.08. The summed E-state index contributed by atoms with van der Waals surface area (Å²) in [5, 5.41) is 2.20. The highest BCUT2D eigenvalue weighted by Gasteiger charge is 2.12. The second-order valence-corrected chi connectivity index (χ2v) is 7.06. The van der Waals surface area contributed by atoms with Crippen LogP contribution < -0.4 is 10.5 Å². The van der Waals surface area contributed by atoms with Crippen LogP contribution in [0, 0.1) is 0 Å². The SMILES string of the molecule is CCCc1nc2c(N)nc3cc(OCCn4cccc4)ccc3c2s1. The maximum absolute atomic E-state index is 6.14. The molecule has 0 fully saturated rings. The third-order valence-corrected chi connectivity index (χ3v) is 5.27. The number of aryl methyl sites for hydroxylation is 1. The van der Waals surface area contributed by atoms with Crippen molar-refractivity contribution in [2.45, 2.75) is 26.3 Å². The summed E-state index contributed by atoms with van der Waals surface area (Å²) in [7, 11) is 0. The molecule has 4 aromatic rings. The Bertz CT molecular complexity index is 1010. The van der Waals surface area contributed by atoms with E-state index in [0.29, 0.717) is 12.4 Å². The van der Waals surface area contributed by atoms with E-state index >= 15 is 0 Å². The third kappa shape index (κ3) is 3.17. The number of nitrogen functional groups attached to an aromatic ring is 1. The van der Waals surface area contributed by atoms with Gasteiger partial charge in [0, 0.05) is 23.8 Å². The lowest BCUT2D eigenvalue weighted by atomic mass is 10.2. The first kappa shape index (κ1) is 15.9. The van der Waals surface area contributed by atoms with Crippen LogP contribution in [0.3, 0.4) is 0 Å². The highest BCUT2D eigenvalue weighted by Crippen LogP contribution is 2.34. The average molecular weight is 352 g/mol. The number of thiazole rings is 1. The van der Waals surface area contributed by atoms with Crippen LogP contribution in [0.15, 0.2) is 42.7 Å². The summed E-state index contributed by atoms with van der Waals surface area (Å²) >= 11 is 1.71. The number of aromatic nitrogens is 3. The Morgan fingerprint density at radius 1 is 1.20 bits per heavy atom. The molecule has 0 unspecified atom stereocenters. The number of anilines is 1. The Labute approximate surface area is 150 Å². The topological polar surface area (TPSA) is 66.0 Å². The van der Waals surface area contributed by atoms with E-state index in [2.05, 4.69) is 27.5 Å². The van der Waals surface area contributed by atoms with Crippen molar-refractivity contribution in [1.82, 2.24) is 14.5 Å². The minimum Gasteiger partial charge on any atom is -0.492 e. The van der Waals surface area contributed by atoms with Crippen molar-refractivity contribution in [2.75, 3.05) is 12.3 Å². The molecule has 0 atom stereocenters. The molecule has 0 saturated carbocycles. The number of fused-ring (bicyclic) bond motifs is 3. The third-order valence-electron chi connectivity index (χ3n) is 4.12. The lowest BCUT2D eigenvalue weighted by molar-refractivity contribution is 0.299. The molecule has 0 aliphatic carbocycles. The van der Waals surface area contributed by atoms with Gasteiger partial charge < -0.3 is 15.0 Å². The first-order valence-electron chi connectivity index (χ1n) is 8.47. The maximum atomic E-state index is 6.14. The molecule has 2 N–H and O–H groups in total. The Kier molecular flexibility index (Phi) is 4.28. The van der Waals surface area contributed by atoms with E-state index < -0.39 is 0 Å². The summed E-state index contributed by atoms with van der Waals surface area (Å²) < 4.78 is 9.08. The van der Waals surface area contributed by atoms with Gasteiger partial charge in [0.1, 0.15) is 17.9 Å². The molecule has 4 rings (SSSR count). The van der Waals surface area contributed by atoms with E-state index in [9.17, 15) is 0 Å². The molecule has 5 nitrogen and oxygen atoms in total. The van der Waals surface area contributed by atoms with Gasteiger partial charge in [-0.2, -0.15) is 0 Å². The van der Waals surface area contributed by atoms with Gasteiger partial charge in [-0.05, 0) is 37.1 Å². The summed E-state index contributed by atoms with van der Waals surface area (Å²) in [6.45, 7) is 3.58. The number of rotatable bonds is 6. The Morgan fingerprint density at radius 2 is 2.04 bits per heavy atom. The van der Waals surface area contributed by atoms with Gasteiger partial charge in [0.05, 0.1) is 21.8 Å². The number of nitrogens with zero attached hydrogens (tertiary/aromatic N) is 3. The van der Waals surface area contributed by atoms with Crippen molar-refractivity contribution in [3.05, 3.63) is 47.7 Å². The summed E-state index contributed by atoms with van der Waals surface area (Å²) in [4.78, 5) is 9.18. The summed E-state index contributed by atoms with van der Waals surface area (Å²) in [5.74, 6) is 1.30. The number of hydrogen-bond donors (Lipinski definition) is 1. The maximum Gasteiger partial charge on any atom is 0.151 e. The van der Waals surface area contributed by atoms with Crippen molar-refractivity contribution < 1.29 is 4.74 Å². The summed E-state index contributed by atoms with van der Waals surface area (Å²) in [5.41, 5.74) is 7.81. The minimum absolute atomic E-state index is 0.491. The van der Waals surface area contributed by atoms with Gasteiger partial charge in [0.25, 0.3) is 0 Å². The molecule has 0 saturated heterocycles. The van der Waals surface area contributed by atoms with Crippen molar-refractivity contribution in [3.63, 3.8) is 0 Å². The van der Waals surface area contributed by atoms with E-state index in [1.165, 1.54) is 0 Å². The van der Waals surface area contributed by atoms with Crippen LogP contribution in [0.5, 0.6) is 5.75 Å². The number of hydrogen-bond acceptors (Lipinski definition) is 5. The quantitative estimate of drug-likeness (QED) is 0.563. The zero-order chi connectivity index (χ0) is 17.2. The van der Waals surface area contributed by atoms with E-state index in [0.717, 1.165) is 51.3 Å². The Hall–Kier alpha value is -2.60. The Balaban J connectivity index is 1.62.